The van der Waals surface area contributed by atoms with E-state index in [1.54, 1.807) is 11.3 Å². The van der Waals surface area contributed by atoms with Crippen LogP contribution in [0, 0.1) is 20.8 Å². The zero-order valence-electron chi connectivity index (χ0n) is 9.74. The van der Waals surface area contributed by atoms with Gasteiger partial charge in [0.1, 0.15) is 0 Å². The first-order valence-electron chi connectivity index (χ1n) is 5.22. The first-order chi connectivity index (χ1) is 7.63. The molecule has 0 saturated carbocycles. The smallest absolute Gasteiger partial charge is 0.170 e. The standard InChI is InChI=1S/C12H15N3S/c1-7-4-5-16-11(7)12-14-9(3)8(2)10(6-13)15-12/h4-5H,6,13H2,1-3H3. The van der Waals surface area contributed by atoms with Crippen molar-refractivity contribution in [2.24, 2.45) is 5.73 Å². The Labute approximate surface area is 99.4 Å². The lowest BCUT2D eigenvalue weighted by Gasteiger charge is -2.08. The van der Waals surface area contributed by atoms with Crippen LogP contribution in [0.5, 0.6) is 0 Å². The van der Waals surface area contributed by atoms with Crippen molar-refractivity contribution in [1.82, 2.24) is 9.97 Å². The van der Waals surface area contributed by atoms with Gasteiger partial charge < -0.3 is 5.73 Å². The molecule has 2 rings (SSSR count). The normalized spacial score (nSPS) is 10.8. The Kier molecular flexibility index (Phi) is 3.03. The average Bonchev–Trinajstić information content (AvgIpc) is 2.68. The molecular weight excluding hydrogens is 218 g/mol. The lowest BCUT2D eigenvalue weighted by Crippen LogP contribution is -2.07. The highest BCUT2D eigenvalue weighted by Gasteiger charge is 2.11. The molecule has 0 aliphatic carbocycles. The largest absolute Gasteiger partial charge is 0.325 e. The minimum atomic E-state index is 0.465. The monoisotopic (exact) mass is 233 g/mol. The lowest BCUT2D eigenvalue weighted by atomic mass is 10.2. The molecule has 0 radical (unpaired) electrons. The molecule has 0 aromatic carbocycles. The Bertz CT molecular complexity index is 517. The van der Waals surface area contributed by atoms with E-state index in [-0.39, 0.29) is 0 Å². The molecule has 0 amide bonds. The SMILES string of the molecule is Cc1ccsc1-c1nc(C)c(C)c(CN)n1. The summed E-state index contributed by atoms with van der Waals surface area (Å²) < 4.78 is 0. The second kappa shape index (κ2) is 4.31. The van der Waals surface area contributed by atoms with Gasteiger partial charge in [-0.25, -0.2) is 9.97 Å². The summed E-state index contributed by atoms with van der Waals surface area (Å²) in [5.74, 6) is 0.802. The minimum Gasteiger partial charge on any atom is -0.325 e. The topological polar surface area (TPSA) is 51.8 Å². The maximum Gasteiger partial charge on any atom is 0.170 e. The van der Waals surface area contributed by atoms with E-state index < -0.39 is 0 Å². The number of hydrogen-bond acceptors (Lipinski definition) is 4. The summed E-state index contributed by atoms with van der Waals surface area (Å²) in [5, 5.41) is 2.06. The van der Waals surface area contributed by atoms with Crippen LogP contribution in [0.1, 0.15) is 22.5 Å². The summed E-state index contributed by atoms with van der Waals surface area (Å²) in [4.78, 5) is 10.2. The van der Waals surface area contributed by atoms with E-state index in [1.807, 2.05) is 13.8 Å². The Morgan fingerprint density at radius 2 is 2.00 bits per heavy atom. The number of hydrogen-bond donors (Lipinski definition) is 1. The minimum absolute atomic E-state index is 0.465. The quantitative estimate of drug-likeness (QED) is 0.867. The highest BCUT2D eigenvalue weighted by Crippen LogP contribution is 2.27. The number of rotatable bonds is 2. The van der Waals surface area contributed by atoms with Gasteiger partial charge in [-0.05, 0) is 43.3 Å². The number of thiophene rings is 1. The fourth-order valence-corrected chi connectivity index (χ4v) is 2.45. The lowest BCUT2D eigenvalue weighted by molar-refractivity contribution is 0.927. The Morgan fingerprint density at radius 1 is 1.25 bits per heavy atom. The molecule has 0 atom stereocenters. The number of nitrogens with two attached hydrogens (primary N) is 1. The maximum atomic E-state index is 5.69. The highest BCUT2D eigenvalue weighted by atomic mass is 32.1. The van der Waals surface area contributed by atoms with Crippen molar-refractivity contribution >= 4 is 11.3 Å². The van der Waals surface area contributed by atoms with Gasteiger partial charge in [0, 0.05) is 12.2 Å². The molecular formula is C12H15N3S. The van der Waals surface area contributed by atoms with Crippen LogP contribution in [0.25, 0.3) is 10.7 Å². The third kappa shape index (κ3) is 1.86. The zero-order chi connectivity index (χ0) is 11.7. The van der Waals surface area contributed by atoms with E-state index in [0.29, 0.717) is 6.54 Å². The number of aryl methyl sites for hydroxylation is 2. The van der Waals surface area contributed by atoms with Crippen LogP contribution >= 0.6 is 11.3 Å². The van der Waals surface area contributed by atoms with E-state index in [2.05, 4.69) is 28.3 Å². The molecule has 2 aromatic heterocycles. The van der Waals surface area contributed by atoms with Crippen molar-refractivity contribution in [1.29, 1.82) is 0 Å². The third-order valence-corrected chi connectivity index (χ3v) is 3.76. The predicted octanol–water partition coefficient (Wildman–Crippen LogP) is 2.59. The summed E-state index contributed by atoms with van der Waals surface area (Å²) >= 11 is 1.67. The summed E-state index contributed by atoms with van der Waals surface area (Å²) in [6.45, 7) is 6.56. The Morgan fingerprint density at radius 3 is 2.56 bits per heavy atom. The van der Waals surface area contributed by atoms with Gasteiger partial charge in [0.05, 0.1) is 10.6 Å². The third-order valence-electron chi connectivity index (χ3n) is 2.75. The summed E-state index contributed by atoms with van der Waals surface area (Å²) in [6, 6.07) is 2.08. The molecule has 0 fully saturated rings. The average molecular weight is 233 g/mol. The van der Waals surface area contributed by atoms with Crippen molar-refractivity contribution in [2.45, 2.75) is 27.3 Å². The van der Waals surface area contributed by atoms with Crippen molar-refractivity contribution in [2.75, 3.05) is 0 Å². The van der Waals surface area contributed by atoms with Crippen LogP contribution in [0.4, 0.5) is 0 Å². The summed E-state index contributed by atoms with van der Waals surface area (Å²) in [5.41, 5.74) is 9.96. The molecule has 3 nitrogen and oxygen atoms in total. The first kappa shape index (κ1) is 11.2. The van der Waals surface area contributed by atoms with E-state index in [4.69, 9.17) is 5.73 Å². The first-order valence-corrected chi connectivity index (χ1v) is 6.10. The Hall–Kier alpha value is -1.26. The fraction of sp³-hybridized carbons (Fsp3) is 0.333. The van der Waals surface area contributed by atoms with Gasteiger partial charge in [0.2, 0.25) is 0 Å². The molecule has 0 aliphatic heterocycles. The van der Waals surface area contributed by atoms with Crippen molar-refractivity contribution in [3.63, 3.8) is 0 Å². The van der Waals surface area contributed by atoms with Gasteiger partial charge >= 0.3 is 0 Å². The Balaban J connectivity index is 2.59. The molecule has 0 saturated heterocycles. The molecule has 0 aliphatic rings. The zero-order valence-corrected chi connectivity index (χ0v) is 10.6. The fourth-order valence-electron chi connectivity index (χ4n) is 1.59. The molecule has 0 unspecified atom stereocenters. The predicted molar refractivity (Wildman–Crippen MR) is 67.4 cm³/mol. The summed E-state index contributed by atoms with van der Waals surface area (Å²) in [6.07, 6.45) is 0. The second-order valence-electron chi connectivity index (χ2n) is 3.84. The highest BCUT2D eigenvalue weighted by molar-refractivity contribution is 7.13. The molecule has 2 aromatic rings. The van der Waals surface area contributed by atoms with Crippen LogP contribution in [0.2, 0.25) is 0 Å². The molecule has 0 bridgehead atoms. The van der Waals surface area contributed by atoms with Crippen LogP contribution in [-0.2, 0) is 6.54 Å². The van der Waals surface area contributed by atoms with Gasteiger partial charge in [0.25, 0.3) is 0 Å². The van der Waals surface area contributed by atoms with Crippen molar-refractivity contribution in [3.05, 3.63) is 34.0 Å². The van der Waals surface area contributed by atoms with E-state index in [1.165, 1.54) is 5.56 Å². The maximum absolute atomic E-state index is 5.69. The van der Waals surface area contributed by atoms with Gasteiger partial charge in [-0.15, -0.1) is 11.3 Å². The van der Waals surface area contributed by atoms with Crippen LogP contribution < -0.4 is 5.73 Å². The van der Waals surface area contributed by atoms with Gasteiger partial charge in [-0.1, -0.05) is 0 Å². The molecule has 2 N–H and O–H groups in total. The van der Waals surface area contributed by atoms with E-state index in [9.17, 15) is 0 Å². The molecule has 2 heterocycles. The molecule has 0 spiro atoms. The van der Waals surface area contributed by atoms with Crippen LogP contribution in [0.15, 0.2) is 11.4 Å². The summed E-state index contributed by atoms with van der Waals surface area (Å²) in [7, 11) is 0. The van der Waals surface area contributed by atoms with Gasteiger partial charge in [0.15, 0.2) is 5.82 Å². The van der Waals surface area contributed by atoms with Gasteiger partial charge in [-0.3, -0.25) is 0 Å². The van der Waals surface area contributed by atoms with Crippen molar-refractivity contribution in [3.8, 4) is 10.7 Å². The second-order valence-corrected chi connectivity index (χ2v) is 4.76. The molecule has 84 valence electrons. The van der Waals surface area contributed by atoms with Crippen LogP contribution in [0.3, 0.4) is 0 Å². The number of nitrogens with zero attached hydrogens (tertiary/aromatic N) is 2. The van der Waals surface area contributed by atoms with Crippen LogP contribution in [-0.4, -0.2) is 9.97 Å². The van der Waals surface area contributed by atoms with E-state index in [0.717, 1.165) is 27.7 Å². The molecule has 4 heteroatoms. The van der Waals surface area contributed by atoms with Crippen molar-refractivity contribution < 1.29 is 0 Å². The molecule has 16 heavy (non-hydrogen) atoms. The van der Waals surface area contributed by atoms with Gasteiger partial charge in [-0.2, -0.15) is 0 Å². The van der Waals surface area contributed by atoms with E-state index >= 15 is 0 Å². The number of aromatic nitrogens is 2.